The van der Waals surface area contributed by atoms with Gasteiger partial charge in [0, 0.05) is 36.6 Å². The lowest BCUT2D eigenvalue weighted by Gasteiger charge is -2.35. The van der Waals surface area contributed by atoms with E-state index >= 15 is 4.39 Å². The predicted octanol–water partition coefficient (Wildman–Crippen LogP) is 3.50. The molecule has 0 N–H and O–H groups in total. The van der Waals surface area contributed by atoms with Crippen LogP contribution in [0.5, 0.6) is 0 Å². The van der Waals surface area contributed by atoms with Crippen molar-refractivity contribution in [3.05, 3.63) is 47.4 Å². The Kier molecular flexibility index (Phi) is 4.94. The van der Waals surface area contributed by atoms with E-state index in [0.717, 1.165) is 23.2 Å². The molecule has 0 atom stereocenters. The summed E-state index contributed by atoms with van der Waals surface area (Å²) in [5.74, 6) is 6.86. The van der Waals surface area contributed by atoms with Crippen LogP contribution in [0.3, 0.4) is 0 Å². The van der Waals surface area contributed by atoms with Crippen LogP contribution in [0.1, 0.15) is 24.5 Å². The maximum atomic E-state index is 15.2. The Bertz CT molecular complexity index is 1480. The van der Waals surface area contributed by atoms with Gasteiger partial charge in [0.25, 0.3) is 0 Å². The monoisotopic (exact) mass is 458 g/mol. The van der Waals surface area contributed by atoms with Crippen LogP contribution in [0.2, 0.25) is 0 Å². The highest BCUT2D eigenvalue weighted by molar-refractivity contribution is 6.06. The molecule has 1 aromatic carbocycles. The molecule has 2 aliphatic rings. The molecule has 0 saturated carbocycles. The Morgan fingerprint density at radius 3 is 2.88 bits per heavy atom. The van der Waals surface area contributed by atoms with E-state index in [1.54, 1.807) is 11.7 Å². The lowest BCUT2D eigenvalue weighted by Crippen LogP contribution is -2.40. The third-order valence-corrected chi connectivity index (χ3v) is 6.67. The van der Waals surface area contributed by atoms with Crippen molar-refractivity contribution < 1.29 is 13.9 Å². The van der Waals surface area contributed by atoms with Gasteiger partial charge < -0.3 is 14.4 Å². The minimum Gasteiger partial charge on any atom is -0.378 e. The Labute approximate surface area is 195 Å². The number of rotatable bonds is 2. The number of pyridine rings is 2. The maximum Gasteiger partial charge on any atom is 0.206 e. The van der Waals surface area contributed by atoms with Crippen molar-refractivity contribution in [3.63, 3.8) is 0 Å². The van der Waals surface area contributed by atoms with E-state index < -0.39 is 5.82 Å². The number of fused-ring (bicyclic) bond motifs is 4. The third kappa shape index (κ3) is 3.22. The second-order valence-electron chi connectivity index (χ2n) is 8.72. The smallest absolute Gasteiger partial charge is 0.206 e. The van der Waals surface area contributed by atoms with Gasteiger partial charge in [-0.2, -0.15) is 0 Å². The number of benzene rings is 1. The summed E-state index contributed by atoms with van der Waals surface area (Å²) in [5, 5.41) is 8.59. The van der Waals surface area contributed by atoms with E-state index in [4.69, 9.17) is 14.5 Å². The lowest BCUT2D eigenvalue weighted by atomic mass is 9.83. The topological polar surface area (TPSA) is 78.2 Å². The van der Waals surface area contributed by atoms with Gasteiger partial charge in [-0.3, -0.25) is 4.98 Å². The molecule has 5 heterocycles. The molecule has 2 aliphatic heterocycles. The number of anilines is 2. The van der Waals surface area contributed by atoms with Gasteiger partial charge in [0.15, 0.2) is 0 Å². The summed E-state index contributed by atoms with van der Waals surface area (Å²) < 4.78 is 28.2. The molecule has 0 amide bonds. The van der Waals surface area contributed by atoms with Crippen molar-refractivity contribution >= 4 is 33.6 Å². The maximum absolute atomic E-state index is 15.2. The number of hydrogen-bond acceptors (Lipinski definition) is 7. The Hall–Kier alpha value is -3.61. The number of nitrogens with zero attached hydrogens (tertiary/aromatic N) is 6. The molecule has 6 rings (SSSR count). The normalized spacial score (nSPS) is 17.1. The molecule has 4 aromatic rings. The van der Waals surface area contributed by atoms with E-state index in [1.165, 1.54) is 12.3 Å². The van der Waals surface area contributed by atoms with Gasteiger partial charge in [-0.05, 0) is 24.6 Å². The van der Waals surface area contributed by atoms with Crippen molar-refractivity contribution in [3.8, 4) is 11.8 Å². The molecule has 0 aliphatic carbocycles. The average Bonchev–Trinajstić information content (AvgIpc) is 3.06. The molecule has 1 saturated heterocycles. The number of aromatic nitrogens is 5. The van der Waals surface area contributed by atoms with Gasteiger partial charge in [0.2, 0.25) is 5.65 Å². The number of hydrogen-bond donors (Lipinski definition) is 0. The van der Waals surface area contributed by atoms with Crippen molar-refractivity contribution in [2.24, 2.45) is 12.5 Å². The highest BCUT2D eigenvalue weighted by atomic mass is 19.1. The van der Waals surface area contributed by atoms with Crippen LogP contribution in [0.4, 0.5) is 15.9 Å². The van der Waals surface area contributed by atoms with Crippen LogP contribution in [0, 0.1) is 23.1 Å². The molecule has 0 bridgehead atoms. The zero-order valence-corrected chi connectivity index (χ0v) is 19.0. The molecule has 0 spiro atoms. The van der Waals surface area contributed by atoms with Gasteiger partial charge in [-0.1, -0.05) is 30.0 Å². The number of aryl methyl sites for hydroxylation is 1. The zero-order valence-electron chi connectivity index (χ0n) is 19.0. The molecule has 1 fully saturated rings. The molecule has 172 valence electrons. The third-order valence-electron chi connectivity index (χ3n) is 6.67. The Morgan fingerprint density at radius 1 is 1.21 bits per heavy atom. The van der Waals surface area contributed by atoms with Gasteiger partial charge in [-0.25, -0.2) is 14.1 Å². The quantitative estimate of drug-likeness (QED) is 0.426. The molecular formula is C25H23FN6O2. The highest BCUT2D eigenvalue weighted by Gasteiger charge is 2.35. The van der Waals surface area contributed by atoms with Crippen molar-refractivity contribution in [1.29, 1.82) is 0 Å². The van der Waals surface area contributed by atoms with Crippen molar-refractivity contribution in [1.82, 2.24) is 25.0 Å². The van der Waals surface area contributed by atoms with Gasteiger partial charge in [-0.15, -0.1) is 5.10 Å². The van der Waals surface area contributed by atoms with Gasteiger partial charge in [0.05, 0.1) is 37.2 Å². The molecule has 3 aromatic heterocycles. The Balaban J connectivity index is 1.55. The molecular weight excluding hydrogens is 435 g/mol. The fourth-order valence-electron chi connectivity index (χ4n) is 4.54. The van der Waals surface area contributed by atoms with E-state index in [9.17, 15) is 0 Å². The van der Waals surface area contributed by atoms with Crippen LogP contribution in [0.15, 0.2) is 30.5 Å². The first-order valence-electron chi connectivity index (χ1n) is 11.3. The summed E-state index contributed by atoms with van der Waals surface area (Å²) in [6, 6.07) is 7.32. The molecule has 0 radical (unpaired) electrons. The summed E-state index contributed by atoms with van der Waals surface area (Å²) in [7, 11) is 1.75. The Morgan fingerprint density at radius 2 is 2.09 bits per heavy atom. The highest BCUT2D eigenvalue weighted by Crippen LogP contribution is 2.38. The van der Waals surface area contributed by atoms with Crippen LogP contribution >= 0.6 is 0 Å². The zero-order chi connectivity index (χ0) is 23.3. The van der Waals surface area contributed by atoms with E-state index in [0.29, 0.717) is 60.9 Å². The summed E-state index contributed by atoms with van der Waals surface area (Å²) >= 11 is 0. The fourth-order valence-corrected chi connectivity index (χ4v) is 4.54. The summed E-state index contributed by atoms with van der Waals surface area (Å²) in [6.45, 7) is 4.83. The second-order valence-corrected chi connectivity index (χ2v) is 8.72. The average molecular weight is 458 g/mol. The molecule has 8 nitrogen and oxygen atoms in total. The first-order chi connectivity index (χ1) is 16.6. The lowest BCUT2D eigenvalue weighted by molar-refractivity contribution is -0.0775. The van der Waals surface area contributed by atoms with Gasteiger partial charge in [0.1, 0.15) is 22.7 Å². The first-order valence-corrected chi connectivity index (χ1v) is 11.3. The van der Waals surface area contributed by atoms with E-state index in [1.807, 2.05) is 23.1 Å². The van der Waals surface area contributed by atoms with Crippen LogP contribution in [-0.2, 0) is 23.1 Å². The van der Waals surface area contributed by atoms with Crippen molar-refractivity contribution in [2.75, 3.05) is 31.3 Å². The van der Waals surface area contributed by atoms with Crippen LogP contribution < -0.4 is 4.90 Å². The second kappa shape index (κ2) is 8.01. The fraction of sp³-hybridized carbons (Fsp3) is 0.360. The van der Waals surface area contributed by atoms with Crippen molar-refractivity contribution in [2.45, 2.75) is 20.0 Å². The standard InChI is InChI=1S/C25H23FN6O2/c1-3-25(14-34-15-25)9-7-16-5-4-6-19-17(16)13-33-12-11-32(19)24-20-18(26)8-10-27-21(20)22-23(28-24)29-30-31(22)2/h4-6,8,10H,3,11-15H2,1-2H3. The number of halogens is 1. The SMILES string of the molecule is CCC1(C#Cc2cccc3c2COCCN3c2nc3nnn(C)c3c3nccc(F)c23)COC1. The number of ether oxygens (including phenoxy) is 2. The largest absolute Gasteiger partial charge is 0.378 e. The van der Waals surface area contributed by atoms with E-state index in [-0.39, 0.29) is 5.41 Å². The molecule has 9 heteroatoms. The minimum absolute atomic E-state index is 0.0857. The minimum atomic E-state index is -0.395. The predicted molar refractivity (Wildman–Crippen MR) is 125 cm³/mol. The summed E-state index contributed by atoms with van der Waals surface area (Å²) in [4.78, 5) is 11.2. The van der Waals surface area contributed by atoms with Gasteiger partial charge >= 0.3 is 0 Å². The summed E-state index contributed by atoms with van der Waals surface area (Å²) in [6.07, 6.45) is 2.40. The first kappa shape index (κ1) is 21.0. The molecule has 34 heavy (non-hydrogen) atoms. The molecule has 0 unspecified atom stereocenters. The summed E-state index contributed by atoms with van der Waals surface area (Å²) in [5.41, 5.74) is 4.14. The van der Waals surface area contributed by atoms with E-state index in [2.05, 4.69) is 34.1 Å². The van der Waals surface area contributed by atoms with Crippen LogP contribution in [0.25, 0.3) is 22.1 Å². The van der Waals surface area contributed by atoms with Crippen LogP contribution in [-0.4, -0.2) is 51.3 Å².